The Labute approximate surface area is 207 Å². The molecule has 4 rings (SSSR count). The summed E-state index contributed by atoms with van der Waals surface area (Å²) in [5.74, 6) is -0.134. The Morgan fingerprint density at radius 3 is 2.14 bits per heavy atom. The Morgan fingerprint density at radius 2 is 1.58 bits per heavy atom. The second kappa shape index (κ2) is 11.4. The molecule has 1 atom stereocenters. The van der Waals surface area contributed by atoms with E-state index in [4.69, 9.17) is 23.4 Å². The van der Waals surface area contributed by atoms with Crippen molar-refractivity contribution >= 4 is 11.5 Å². The number of methoxy groups -OCH3 is 3. The number of furan rings is 1. The summed E-state index contributed by atoms with van der Waals surface area (Å²) >= 11 is 0. The molecule has 1 aliphatic heterocycles. The normalized spacial score (nSPS) is 14.6. The topological polar surface area (TPSA) is 79.6 Å². The van der Waals surface area contributed by atoms with Crippen molar-refractivity contribution in [1.29, 1.82) is 0 Å². The molecule has 2 aromatic carbocycles. The van der Waals surface area contributed by atoms with E-state index in [-0.39, 0.29) is 28.8 Å². The molecule has 0 radical (unpaired) electrons. The third-order valence-electron chi connectivity index (χ3n) is 5.85. The SMILES string of the molecule is COc1cc(-c2ccc(C(=O)C(OC)c3ccc(N4CCOCC4)cc3)o2)cc(OC)c1OC(F)F. The Hall–Kier alpha value is -3.63. The summed E-state index contributed by atoms with van der Waals surface area (Å²) in [6, 6.07) is 13.7. The van der Waals surface area contributed by atoms with Gasteiger partial charge in [-0.25, -0.2) is 0 Å². The summed E-state index contributed by atoms with van der Waals surface area (Å²) in [4.78, 5) is 15.4. The van der Waals surface area contributed by atoms with Crippen molar-refractivity contribution in [2.24, 2.45) is 0 Å². The summed E-state index contributed by atoms with van der Waals surface area (Å²) in [5.41, 5.74) is 2.19. The average molecular weight is 503 g/mol. The predicted octanol–water partition coefficient (Wildman–Crippen LogP) is 4.97. The molecule has 1 aliphatic rings. The van der Waals surface area contributed by atoms with Gasteiger partial charge in [-0.2, -0.15) is 8.78 Å². The molecule has 36 heavy (non-hydrogen) atoms. The number of halogens is 2. The molecular formula is C26H27F2NO7. The highest BCUT2D eigenvalue weighted by molar-refractivity contribution is 5.98. The number of hydrogen-bond acceptors (Lipinski definition) is 8. The zero-order valence-electron chi connectivity index (χ0n) is 20.2. The van der Waals surface area contributed by atoms with Crippen LogP contribution in [0.15, 0.2) is 52.9 Å². The van der Waals surface area contributed by atoms with Crippen LogP contribution in [-0.2, 0) is 9.47 Å². The van der Waals surface area contributed by atoms with Gasteiger partial charge in [0.1, 0.15) is 11.9 Å². The summed E-state index contributed by atoms with van der Waals surface area (Å²) in [5, 5.41) is 0. The van der Waals surface area contributed by atoms with Gasteiger partial charge in [-0.15, -0.1) is 0 Å². The van der Waals surface area contributed by atoms with Crippen LogP contribution in [0.3, 0.4) is 0 Å². The minimum absolute atomic E-state index is 0.0315. The Kier molecular flexibility index (Phi) is 8.07. The number of nitrogens with zero attached hydrogens (tertiary/aromatic N) is 1. The van der Waals surface area contributed by atoms with Crippen molar-refractivity contribution in [3.05, 3.63) is 59.9 Å². The number of morpholine rings is 1. The minimum atomic E-state index is -3.06. The third kappa shape index (κ3) is 5.44. The van der Waals surface area contributed by atoms with Crippen LogP contribution in [0.25, 0.3) is 11.3 Å². The maximum atomic E-state index is 13.2. The quantitative estimate of drug-likeness (QED) is 0.359. The van der Waals surface area contributed by atoms with Crippen LogP contribution in [0.1, 0.15) is 22.2 Å². The number of carbonyl (C=O) groups excluding carboxylic acids is 1. The summed E-state index contributed by atoms with van der Waals surface area (Å²) in [6.07, 6.45) is -0.867. The number of benzene rings is 2. The first-order valence-electron chi connectivity index (χ1n) is 11.3. The highest BCUT2D eigenvalue weighted by Crippen LogP contribution is 2.42. The lowest BCUT2D eigenvalue weighted by Crippen LogP contribution is -2.36. The van der Waals surface area contributed by atoms with E-state index in [9.17, 15) is 13.6 Å². The second-order valence-electron chi connectivity index (χ2n) is 7.92. The van der Waals surface area contributed by atoms with Gasteiger partial charge in [0.05, 0.1) is 27.4 Å². The molecule has 1 unspecified atom stereocenters. The van der Waals surface area contributed by atoms with Gasteiger partial charge in [0.2, 0.25) is 11.5 Å². The second-order valence-corrected chi connectivity index (χ2v) is 7.92. The van der Waals surface area contributed by atoms with Gasteiger partial charge < -0.3 is 33.0 Å². The molecule has 0 spiro atoms. The van der Waals surface area contributed by atoms with Crippen molar-refractivity contribution < 1.29 is 41.7 Å². The van der Waals surface area contributed by atoms with Crippen LogP contribution < -0.4 is 19.1 Å². The Morgan fingerprint density at radius 1 is 0.944 bits per heavy atom. The fraction of sp³-hybridized carbons (Fsp3) is 0.346. The van der Waals surface area contributed by atoms with Crippen molar-refractivity contribution in [3.8, 4) is 28.6 Å². The maximum Gasteiger partial charge on any atom is 0.387 e. The first kappa shape index (κ1) is 25.5. The lowest BCUT2D eigenvalue weighted by Gasteiger charge is -2.29. The van der Waals surface area contributed by atoms with E-state index in [1.165, 1.54) is 39.5 Å². The zero-order chi connectivity index (χ0) is 25.7. The molecule has 0 N–H and O–H groups in total. The van der Waals surface area contributed by atoms with E-state index < -0.39 is 12.7 Å². The number of ketones is 1. The molecule has 1 fully saturated rings. The smallest absolute Gasteiger partial charge is 0.387 e. The summed E-state index contributed by atoms with van der Waals surface area (Å²) in [6.45, 7) is -0.0682. The lowest BCUT2D eigenvalue weighted by atomic mass is 10.0. The van der Waals surface area contributed by atoms with E-state index in [0.29, 0.717) is 30.1 Å². The van der Waals surface area contributed by atoms with E-state index in [1.807, 2.05) is 24.3 Å². The van der Waals surface area contributed by atoms with Gasteiger partial charge in [-0.3, -0.25) is 4.79 Å². The van der Waals surface area contributed by atoms with Crippen molar-refractivity contribution in [1.82, 2.24) is 0 Å². The van der Waals surface area contributed by atoms with E-state index >= 15 is 0 Å². The van der Waals surface area contributed by atoms with Crippen LogP contribution in [0.5, 0.6) is 17.2 Å². The molecule has 3 aromatic rings. The molecule has 0 amide bonds. The molecule has 0 aliphatic carbocycles. The van der Waals surface area contributed by atoms with Crippen LogP contribution in [0.2, 0.25) is 0 Å². The zero-order valence-corrected chi connectivity index (χ0v) is 20.2. The fourth-order valence-electron chi connectivity index (χ4n) is 4.06. The minimum Gasteiger partial charge on any atom is -0.493 e. The number of alkyl halides is 2. The molecular weight excluding hydrogens is 476 g/mol. The van der Waals surface area contributed by atoms with Gasteiger partial charge >= 0.3 is 6.61 Å². The summed E-state index contributed by atoms with van der Waals surface area (Å²) < 4.78 is 57.3. The van der Waals surface area contributed by atoms with E-state index in [1.54, 1.807) is 6.07 Å². The first-order chi connectivity index (χ1) is 17.4. The molecule has 2 heterocycles. The fourth-order valence-corrected chi connectivity index (χ4v) is 4.06. The van der Waals surface area contributed by atoms with E-state index in [2.05, 4.69) is 9.64 Å². The molecule has 8 nitrogen and oxygen atoms in total. The maximum absolute atomic E-state index is 13.2. The van der Waals surface area contributed by atoms with Crippen LogP contribution in [-0.4, -0.2) is 60.0 Å². The molecule has 1 saturated heterocycles. The molecule has 10 heteroatoms. The van der Waals surface area contributed by atoms with Gasteiger partial charge in [-0.1, -0.05) is 12.1 Å². The number of Topliss-reactive ketones (excluding diaryl/α,β-unsaturated/α-hetero) is 1. The first-order valence-corrected chi connectivity index (χ1v) is 11.3. The predicted molar refractivity (Wildman–Crippen MR) is 127 cm³/mol. The third-order valence-corrected chi connectivity index (χ3v) is 5.85. The Bertz CT molecular complexity index is 1150. The number of rotatable bonds is 10. The lowest BCUT2D eigenvalue weighted by molar-refractivity contribution is -0.0526. The Balaban J connectivity index is 1.56. The molecule has 192 valence electrons. The standard InChI is InChI=1S/C26H27F2NO7/c1-31-21-14-17(15-22(32-2)25(21)36-26(27)28)19-8-9-20(35-19)23(30)24(33-3)16-4-6-18(7-5-16)29-10-12-34-13-11-29/h4-9,14-15,24,26H,10-13H2,1-3H3. The van der Waals surface area contributed by atoms with Crippen LogP contribution >= 0.6 is 0 Å². The highest BCUT2D eigenvalue weighted by Gasteiger charge is 2.26. The molecule has 0 bridgehead atoms. The average Bonchev–Trinajstić information content (AvgIpc) is 3.40. The summed E-state index contributed by atoms with van der Waals surface area (Å²) in [7, 11) is 4.10. The van der Waals surface area contributed by atoms with Gasteiger partial charge in [0, 0.05) is 31.5 Å². The van der Waals surface area contributed by atoms with Gasteiger partial charge in [0.25, 0.3) is 0 Å². The highest BCUT2D eigenvalue weighted by atomic mass is 19.3. The number of hydrogen-bond donors (Lipinski definition) is 0. The van der Waals surface area contributed by atoms with Gasteiger partial charge in [0.15, 0.2) is 17.3 Å². The molecule has 0 saturated carbocycles. The van der Waals surface area contributed by atoms with Crippen LogP contribution in [0, 0.1) is 0 Å². The van der Waals surface area contributed by atoms with Gasteiger partial charge in [-0.05, 0) is 42.0 Å². The van der Waals surface area contributed by atoms with E-state index in [0.717, 1.165) is 18.8 Å². The van der Waals surface area contributed by atoms with Crippen molar-refractivity contribution in [2.75, 3.05) is 52.5 Å². The monoisotopic (exact) mass is 503 g/mol. The largest absolute Gasteiger partial charge is 0.493 e. The van der Waals surface area contributed by atoms with Crippen molar-refractivity contribution in [3.63, 3.8) is 0 Å². The number of carbonyl (C=O) groups is 1. The van der Waals surface area contributed by atoms with Crippen LogP contribution in [0.4, 0.5) is 14.5 Å². The van der Waals surface area contributed by atoms with Crippen molar-refractivity contribution in [2.45, 2.75) is 12.7 Å². The number of ether oxygens (including phenoxy) is 5. The molecule has 1 aromatic heterocycles. The number of anilines is 1.